The van der Waals surface area contributed by atoms with Gasteiger partial charge in [-0.05, 0) is 12.1 Å². The Morgan fingerprint density at radius 3 is 1.90 bits per heavy atom. The molecule has 0 unspecified atom stereocenters. The van der Waals surface area contributed by atoms with Gasteiger partial charge in [0.25, 0.3) is 0 Å². The van der Waals surface area contributed by atoms with Crippen molar-refractivity contribution in [1.29, 1.82) is 0 Å². The van der Waals surface area contributed by atoms with Crippen molar-refractivity contribution in [2.45, 2.75) is 0 Å². The quantitative estimate of drug-likeness (QED) is 0.237. The van der Waals surface area contributed by atoms with Crippen LogP contribution in [0.15, 0.2) is 18.2 Å². The van der Waals surface area contributed by atoms with Crippen molar-refractivity contribution in [1.82, 2.24) is 4.64 Å². The molecule has 1 aromatic rings. The standard InChI is InChI=1S/C6H6ClFN2O7S2.2Na/c7-5-2-1-4(3-6(5)11)9(18(12,13)14)10(8)19(15,16)17;;/h1-3,11H,(H,12,13,14)(H,15,16,17);;/q;2*+1/p-2. The van der Waals surface area contributed by atoms with Gasteiger partial charge in [0.1, 0.15) is 5.75 Å². The molecule has 1 aromatic carbocycles. The Kier molecular flexibility index (Phi) is 9.87. The number of phenols is 1. The Labute approximate surface area is 168 Å². The molecule has 0 aromatic heterocycles. The third kappa shape index (κ3) is 6.45. The number of hydrazine groups is 1. The molecule has 0 saturated heterocycles. The van der Waals surface area contributed by atoms with E-state index >= 15 is 0 Å². The summed E-state index contributed by atoms with van der Waals surface area (Å²) in [7, 11) is -11.6. The van der Waals surface area contributed by atoms with Gasteiger partial charge in [-0.1, -0.05) is 16.1 Å². The molecule has 0 aliphatic rings. The molecule has 0 atom stereocenters. The second kappa shape index (κ2) is 8.61. The summed E-state index contributed by atoms with van der Waals surface area (Å²) >= 11 is 5.39. The predicted molar refractivity (Wildman–Crippen MR) is 57.9 cm³/mol. The van der Waals surface area contributed by atoms with Crippen LogP contribution in [-0.2, 0) is 20.6 Å². The molecule has 9 nitrogen and oxygen atoms in total. The second-order valence-corrected chi connectivity index (χ2v) is 5.76. The van der Waals surface area contributed by atoms with E-state index in [2.05, 4.69) is 0 Å². The first-order valence-electron chi connectivity index (χ1n) is 4.11. The van der Waals surface area contributed by atoms with Gasteiger partial charge >= 0.3 is 59.1 Å². The molecule has 21 heavy (non-hydrogen) atoms. The number of hydrogen-bond acceptors (Lipinski definition) is 7. The smallest absolute Gasteiger partial charge is 0.732 e. The number of nitrogens with zero attached hydrogens (tertiary/aromatic N) is 2. The monoisotopic (exact) mass is 380 g/mol. The van der Waals surface area contributed by atoms with Crippen molar-refractivity contribution in [2.75, 3.05) is 4.41 Å². The fraction of sp³-hybridized carbons (Fsp3) is 0. The molecule has 0 spiro atoms. The van der Waals surface area contributed by atoms with E-state index in [1.807, 2.05) is 0 Å². The van der Waals surface area contributed by atoms with Gasteiger partial charge in [0.15, 0.2) is 0 Å². The minimum Gasteiger partial charge on any atom is -0.732 e. The Morgan fingerprint density at radius 1 is 1.10 bits per heavy atom. The van der Waals surface area contributed by atoms with Gasteiger partial charge < -0.3 is 14.2 Å². The molecule has 15 heteroatoms. The van der Waals surface area contributed by atoms with Crippen LogP contribution in [0.3, 0.4) is 0 Å². The van der Waals surface area contributed by atoms with Gasteiger partial charge in [0.2, 0.25) is 20.6 Å². The van der Waals surface area contributed by atoms with E-state index in [0.717, 1.165) is 6.07 Å². The van der Waals surface area contributed by atoms with Crippen molar-refractivity contribution in [3.8, 4) is 5.75 Å². The van der Waals surface area contributed by atoms with Crippen LogP contribution in [-0.4, -0.2) is 35.7 Å². The van der Waals surface area contributed by atoms with Crippen LogP contribution in [0.5, 0.6) is 5.75 Å². The molecule has 0 aliphatic carbocycles. The third-order valence-electron chi connectivity index (χ3n) is 1.69. The van der Waals surface area contributed by atoms with E-state index < -0.39 is 41.1 Å². The molecule has 0 heterocycles. The summed E-state index contributed by atoms with van der Waals surface area (Å²) in [5.74, 6) is -0.760. The molecule has 0 bridgehead atoms. The number of benzene rings is 1. The fourth-order valence-electron chi connectivity index (χ4n) is 1.01. The van der Waals surface area contributed by atoms with Crippen LogP contribution in [0.4, 0.5) is 10.2 Å². The van der Waals surface area contributed by atoms with Crippen LogP contribution in [0.1, 0.15) is 0 Å². The summed E-state index contributed by atoms with van der Waals surface area (Å²) in [6.45, 7) is 0. The minimum atomic E-state index is -5.91. The third-order valence-corrected chi connectivity index (χ3v) is 3.42. The van der Waals surface area contributed by atoms with E-state index in [9.17, 15) is 35.5 Å². The summed E-state index contributed by atoms with van der Waals surface area (Å²) < 4.78 is 73.9. The molecule has 108 valence electrons. The summed E-state index contributed by atoms with van der Waals surface area (Å²) in [6.07, 6.45) is 0. The summed E-state index contributed by atoms with van der Waals surface area (Å²) in [6, 6.07) is 2.04. The number of halogens is 2. The molecular formula is C6H4ClFN2Na2O7S2. The van der Waals surface area contributed by atoms with Crippen molar-refractivity contribution < 1.29 is 94.6 Å². The van der Waals surface area contributed by atoms with Crippen LogP contribution in [0.2, 0.25) is 5.02 Å². The number of hydrogen-bond donors (Lipinski definition) is 1. The fourth-order valence-corrected chi connectivity index (χ4v) is 2.42. The van der Waals surface area contributed by atoms with Crippen LogP contribution in [0, 0.1) is 0 Å². The predicted octanol–water partition coefficient (Wildman–Crippen LogP) is -6.12. The molecule has 0 amide bonds. The van der Waals surface area contributed by atoms with Crippen molar-refractivity contribution >= 4 is 37.9 Å². The van der Waals surface area contributed by atoms with E-state index in [1.54, 1.807) is 0 Å². The van der Waals surface area contributed by atoms with E-state index in [1.165, 1.54) is 0 Å². The minimum absolute atomic E-state index is 0. The molecule has 0 aliphatic heterocycles. The van der Waals surface area contributed by atoms with E-state index in [4.69, 9.17) is 11.6 Å². The topological polar surface area (TPSA) is 141 Å². The van der Waals surface area contributed by atoms with Gasteiger partial charge in [0, 0.05) is 6.07 Å². The number of phenolic OH excluding ortho intramolecular Hbond substituents is 1. The van der Waals surface area contributed by atoms with Crippen LogP contribution in [0.25, 0.3) is 0 Å². The number of rotatable bonds is 4. The average molecular weight is 381 g/mol. The Hall–Kier alpha value is 0.820. The van der Waals surface area contributed by atoms with Crippen LogP contribution >= 0.6 is 11.6 Å². The first-order chi connectivity index (χ1) is 8.44. The Bertz CT molecular complexity index is 701. The maximum Gasteiger partial charge on any atom is 1.00 e. The summed E-state index contributed by atoms with van der Waals surface area (Å²) in [4.78, 5) is 0. The summed E-state index contributed by atoms with van der Waals surface area (Å²) in [5, 5.41) is 8.90. The zero-order chi connectivity index (χ0) is 15.0. The number of aromatic hydroxyl groups is 1. The second-order valence-electron chi connectivity index (χ2n) is 2.99. The van der Waals surface area contributed by atoms with Gasteiger partial charge in [-0.25, -0.2) is 16.8 Å². The first-order valence-corrected chi connectivity index (χ1v) is 7.22. The van der Waals surface area contributed by atoms with E-state index in [0.29, 0.717) is 12.1 Å². The summed E-state index contributed by atoms with van der Waals surface area (Å²) in [5.41, 5.74) is -0.932. The van der Waals surface area contributed by atoms with E-state index in [-0.39, 0.29) is 64.1 Å². The zero-order valence-electron chi connectivity index (χ0n) is 10.6. The van der Waals surface area contributed by atoms with Crippen LogP contribution < -0.4 is 63.5 Å². The molecule has 0 saturated carbocycles. The average Bonchev–Trinajstić information content (AvgIpc) is 2.20. The molecule has 1 rings (SSSR count). The van der Waals surface area contributed by atoms with Gasteiger partial charge in [0.05, 0.1) is 15.3 Å². The van der Waals surface area contributed by atoms with Crippen molar-refractivity contribution in [3.63, 3.8) is 0 Å². The SMILES string of the molecule is O=S(=O)([O-])N(F)N(c1ccc(Cl)c(O)c1)S(=O)(=O)[O-].[Na+].[Na+]. The maximum absolute atomic E-state index is 13.2. The zero-order valence-corrected chi connectivity index (χ0v) is 17.0. The van der Waals surface area contributed by atoms with Crippen molar-refractivity contribution in [3.05, 3.63) is 23.2 Å². The largest absolute Gasteiger partial charge is 1.00 e. The van der Waals surface area contributed by atoms with Gasteiger partial charge in [-0.15, -0.1) is 0 Å². The van der Waals surface area contributed by atoms with Crippen molar-refractivity contribution in [2.24, 2.45) is 0 Å². The molecular weight excluding hydrogens is 377 g/mol. The van der Waals surface area contributed by atoms with Gasteiger partial charge in [-0.2, -0.15) is 4.41 Å². The molecule has 0 radical (unpaired) electrons. The first kappa shape index (κ1) is 24.1. The molecule has 0 fully saturated rings. The maximum atomic E-state index is 13.2. The Morgan fingerprint density at radius 2 is 1.57 bits per heavy atom. The molecule has 1 N–H and O–H groups in total. The van der Waals surface area contributed by atoms with Gasteiger partial charge in [-0.3, -0.25) is 0 Å². The normalized spacial score (nSPS) is 11.5. The Balaban J connectivity index is 0. The number of anilines is 1.